The molecule has 0 saturated carbocycles. The van der Waals surface area contributed by atoms with Crippen molar-refractivity contribution in [3.8, 4) is 0 Å². The van der Waals surface area contributed by atoms with Crippen LogP contribution in [0.2, 0.25) is 0 Å². The minimum Gasteiger partial charge on any atom is -0.376 e. The lowest BCUT2D eigenvalue weighted by atomic mass is 10.2. The molecule has 0 aliphatic carbocycles. The molecule has 0 radical (unpaired) electrons. The average Bonchev–Trinajstić information content (AvgIpc) is 2.00. The SMILES string of the molecule is CCC(C)=CCOCC1CCO1. The molecule has 0 bridgehead atoms. The van der Waals surface area contributed by atoms with Gasteiger partial charge in [-0.15, -0.1) is 0 Å². The normalized spacial score (nSPS) is 23.8. The lowest BCUT2D eigenvalue weighted by Gasteiger charge is -2.25. The Kier molecular flexibility index (Phi) is 4.33. The maximum atomic E-state index is 5.41. The minimum atomic E-state index is 0.375. The van der Waals surface area contributed by atoms with Crippen LogP contribution in [0, 0.1) is 0 Å². The van der Waals surface area contributed by atoms with Crippen molar-refractivity contribution in [1.82, 2.24) is 0 Å². The van der Waals surface area contributed by atoms with E-state index in [1.807, 2.05) is 0 Å². The van der Waals surface area contributed by atoms with Crippen molar-refractivity contribution in [1.29, 1.82) is 0 Å². The molecule has 1 fully saturated rings. The minimum absolute atomic E-state index is 0.375. The molecule has 1 rings (SSSR count). The third kappa shape index (κ3) is 3.37. The van der Waals surface area contributed by atoms with Crippen LogP contribution in [-0.4, -0.2) is 25.9 Å². The summed E-state index contributed by atoms with van der Waals surface area (Å²) in [4.78, 5) is 0. The highest BCUT2D eigenvalue weighted by Crippen LogP contribution is 2.10. The lowest BCUT2D eigenvalue weighted by molar-refractivity contribution is -0.0902. The third-order valence-corrected chi connectivity index (χ3v) is 2.20. The first-order valence-electron chi connectivity index (χ1n) is 4.68. The molecule has 1 saturated heterocycles. The quantitative estimate of drug-likeness (QED) is 0.465. The van der Waals surface area contributed by atoms with Gasteiger partial charge in [0.1, 0.15) is 0 Å². The number of hydrogen-bond donors (Lipinski definition) is 0. The summed E-state index contributed by atoms with van der Waals surface area (Å²) in [5.74, 6) is 0. The van der Waals surface area contributed by atoms with Crippen molar-refractivity contribution in [3.63, 3.8) is 0 Å². The molecule has 1 aliphatic rings. The second-order valence-electron chi connectivity index (χ2n) is 3.22. The number of ether oxygens (including phenoxy) is 2. The van der Waals surface area contributed by atoms with Gasteiger partial charge in [-0.2, -0.15) is 0 Å². The molecule has 70 valence electrons. The van der Waals surface area contributed by atoms with E-state index >= 15 is 0 Å². The number of hydrogen-bond acceptors (Lipinski definition) is 2. The first-order valence-corrected chi connectivity index (χ1v) is 4.68. The summed E-state index contributed by atoms with van der Waals surface area (Å²) in [6.45, 7) is 6.69. The van der Waals surface area contributed by atoms with Crippen LogP contribution in [0.4, 0.5) is 0 Å². The molecule has 1 unspecified atom stereocenters. The predicted molar refractivity (Wildman–Crippen MR) is 49.2 cm³/mol. The Bertz CT molecular complexity index is 148. The Labute approximate surface area is 74.6 Å². The zero-order valence-electron chi connectivity index (χ0n) is 8.01. The molecular formula is C10H18O2. The molecule has 0 aromatic rings. The van der Waals surface area contributed by atoms with Gasteiger partial charge in [0.25, 0.3) is 0 Å². The fourth-order valence-corrected chi connectivity index (χ4v) is 0.961. The van der Waals surface area contributed by atoms with Gasteiger partial charge in [0, 0.05) is 6.61 Å². The summed E-state index contributed by atoms with van der Waals surface area (Å²) in [6, 6.07) is 0. The van der Waals surface area contributed by atoms with E-state index in [-0.39, 0.29) is 0 Å². The van der Waals surface area contributed by atoms with Gasteiger partial charge < -0.3 is 9.47 Å². The highest BCUT2D eigenvalue weighted by atomic mass is 16.5. The summed E-state index contributed by atoms with van der Waals surface area (Å²) < 4.78 is 10.6. The van der Waals surface area contributed by atoms with Crippen LogP contribution in [0.15, 0.2) is 11.6 Å². The molecule has 1 aliphatic heterocycles. The summed E-state index contributed by atoms with van der Waals surface area (Å²) in [6.07, 6.45) is 4.79. The van der Waals surface area contributed by atoms with Gasteiger partial charge in [-0.1, -0.05) is 18.6 Å². The maximum absolute atomic E-state index is 5.41. The van der Waals surface area contributed by atoms with Crippen LogP contribution in [0.5, 0.6) is 0 Å². The van der Waals surface area contributed by atoms with Crippen molar-refractivity contribution >= 4 is 0 Å². The third-order valence-electron chi connectivity index (χ3n) is 2.20. The Morgan fingerprint density at radius 3 is 2.92 bits per heavy atom. The fourth-order valence-electron chi connectivity index (χ4n) is 0.961. The molecular weight excluding hydrogens is 152 g/mol. The van der Waals surface area contributed by atoms with Crippen LogP contribution >= 0.6 is 0 Å². The van der Waals surface area contributed by atoms with Crippen LogP contribution in [0.1, 0.15) is 26.7 Å². The molecule has 1 heterocycles. The van der Waals surface area contributed by atoms with Gasteiger partial charge in [0.05, 0.1) is 19.3 Å². The average molecular weight is 170 g/mol. The lowest BCUT2D eigenvalue weighted by Crippen LogP contribution is -2.31. The summed E-state index contributed by atoms with van der Waals surface area (Å²) in [7, 11) is 0. The second kappa shape index (κ2) is 5.33. The Morgan fingerprint density at radius 1 is 1.67 bits per heavy atom. The molecule has 2 heteroatoms. The van der Waals surface area contributed by atoms with Crippen molar-refractivity contribution in [3.05, 3.63) is 11.6 Å². The van der Waals surface area contributed by atoms with Crippen LogP contribution in [0.25, 0.3) is 0 Å². The summed E-state index contributed by atoms with van der Waals surface area (Å²) >= 11 is 0. The Hall–Kier alpha value is -0.340. The smallest absolute Gasteiger partial charge is 0.0830 e. The van der Waals surface area contributed by atoms with Crippen LogP contribution in [-0.2, 0) is 9.47 Å². The predicted octanol–water partition coefficient (Wildman–Crippen LogP) is 2.15. The van der Waals surface area contributed by atoms with Crippen molar-refractivity contribution in [2.45, 2.75) is 32.8 Å². The van der Waals surface area contributed by atoms with E-state index in [9.17, 15) is 0 Å². The number of rotatable bonds is 5. The standard InChI is InChI=1S/C10H18O2/c1-3-9(2)4-6-11-8-10-5-7-12-10/h4,10H,3,5-8H2,1-2H3. The molecule has 0 spiro atoms. The highest BCUT2D eigenvalue weighted by Gasteiger charge is 2.17. The highest BCUT2D eigenvalue weighted by molar-refractivity contribution is 4.96. The van der Waals surface area contributed by atoms with Crippen molar-refractivity contribution in [2.24, 2.45) is 0 Å². The van der Waals surface area contributed by atoms with Gasteiger partial charge in [0.15, 0.2) is 0 Å². The zero-order chi connectivity index (χ0) is 8.81. The van der Waals surface area contributed by atoms with Gasteiger partial charge in [0.2, 0.25) is 0 Å². The topological polar surface area (TPSA) is 18.5 Å². The van der Waals surface area contributed by atoms with E-state index in [0.717, 1.165) is 32.7 Å². The summed E-state index contributed by atoms with van der Waals surface area (Å²) in [5.41, 5.74) is 1.39. The summed E-state index contributed by atoms with van der Waals surface area (Å²) in [5, 5.41) is 0. The first kappa shape index (κ1) is 9.75. The zero-order valence-corrected chi connectivity index (χ0v) is 8.01. The molecule has 0 N–H and O–H groups in total. The van der Waals surface area contributed by atoms with E-state index in [1.165, 1.54) is 5.57 Å². The van der Waals surface area contributed by atoms with Crippen LogP contribution < -0.4 is 0 Å². The van der Waals surface area contributed by atoms with Crippen molar-refractivity contribution in [2.75, 3.05) is 19.8 Å². The molecule has 2 nitrogen and oxygen atoms in total. The molecule has 0 amide bonds. The monoisotopic (exact) mass is 170 g/mol. The van der Waals surface area contributed by atoms with E-state index in [1.54, 1.807) is 0 Å². The number of allylic oxidation sites excluding steroid dienone is 1. The van der Waals surface area contributed by atoms with Crippen molar-refractivity contribution < 1.29 is 9.47 Å². The molecule has 0 aromatic heterocycles. The van der Waals surface area contributed by atoms with E-state index in [2.05, 4.69) is 19.9 Å². The second-order valence-corrected chi connectivity index (χ2v) is 3.22. The van der Waals surface area contributed by atoms with Gasteiger partial charge in [-0.05, 0) is 19.8 Å². The Morgan fingerprint density at radius 2 is 2.42 bits per heavy atom. The van der Waals surface area contributed by atoms with Gasteiger partial charge in [-0.3, -0.25) is 0 Å². The van der Waals surface area contributed by atoms with Gasteiger partial charge >= 0.3 is 0 Å². The molecule has 12 heavy (non-hydrogen) atoms. The fraction of sp³-hybridized carbons (Fsp3) is 0.800. The van der Waals surface area contributed by atoms with Gasteiger partial charge in [-0.25, -0.2) is 0 Å². The molecule has 0 aromatic carbocycles. The maximum Gasteiger partial charge on any atom is 0.0830 e. The molecule has 1 atom stereocenters. The van der Waals surface area contributed by atoms with Crippen LogP contribution in [0.3, 0.4) is 0 Å². The van der Waals surface area contributed by atoms with E-state index < -0.39 is 0 Å². The largest absolute Gasteiger partial charge is 0.376 e. The van der Waals surface area contributed by atoms with E-state index in [0.29, 0.717) is 6.10 Å². The van der Waals surface area contributed by atoms with E-state index in [4.69, 9.17) is 9.47 Å². The first-order chi connectivity index (χ1) is 5.83. The Balaban J connectivity index is 1.94.